The number of nitrogens with zero attached hydrogens (tertiary/aromatic N) is 1. The zero-order valence-electron chi connectivity index (χ0n) is 10.0. The Morgan fingerprint density at radius 1 is 1.47 bits per heavy atom. The highest BCUT2D eigenvalue weighted by Gasteiger charge is 2.15. The number of aromatic nitrogens is 1. The minimum atomic E-state index is -0.469. The fraction of sp³-hybridized carbons (Fsp3) is 0.154. The van der Waals surface area contributed by atoms with Crippen LogP contribution in [-0.4, -0.2) is 4.98 Å². The van der Waals surface area contributed by atoms with Gasteiger partial charge in [-0.3, -0.25) is 0 Å². The zero-order chi connectivity index (χ0) is 14.0. The Balaban J connectivity index is 2.28. The molecule has 2 N–H and O–H groups in total. The van der Waals surface area contributed by atoms with Gasteiger partial charge in [0.1, 0.15) is 11.9 Å². The summed E-state index contributed by atoms with van der Waals surface area (Å²) in [6.45, 7) is 1.78. The molecular formula is C13H11ClFIN2O. The summed E-state index contributed by atoms with van der Waals surface area (Å²) in [6.07, 6.45) is 1.22. The maximum Gasteiger partial charge on any atom is 0.166 e. The van der Waals surface area contributed by atoms with Crippen LogP contribution in [-0.2, 0) is 0 Å². The first kappa shape index (κ1) is 14.3. The third-order valence-electron chi connectivity index (χ3n) is 2.57. The Kier molecular flexibility index (Phi) is 4.46. The van der Waals surface area contributed by atoms with E-state index in [1.807, 2.05) is 0 Å². The molecule has 3 nitrogen and oxygen atoms in total. The fourth-order valence-electron chi connectivity index (χ4n) is 1.61. The summed E-state index contributed by atoms with van der Waals surface area (Å²) in [5.74, 6) is 0.280. The summed E-state index contributed by atoms with van der Waals surface area (Å²) >= 11 is 8.03. The van der Waals surface area contributed by atoms with Crippen molar-refractivity contribution in [1.29, 1.82) is 0 Å². The van der Waals surface area contributed by atoms with Crippen LogP contribution in [0.2, 0.25) is 5.02 Å². The molecule has 1 aromatic heterocycles. The highest BCUT2D eigenvalue weighted by molar-refractivity contribution is 14.1. The van der Waals surface area contributed by atoms with Gasteiger partial charge in [-0.05, 0) is 41.6 Å². The van der Waals surface area contributed by atoms with Crippen LogP contribution in [0.5, 0.6) is 5.75 Å². The normalized spacial score (nSPS) is 12.2. The first-order valence-corrected chi connectivity index (χ1v) is 6.96. The minimum absolute atomic E-state index is 0.0622. The van der Waals surface area contributed by atoms with E-state index in [1.54, 1.807) is 31.3 Å². The van der Waals surface area contributed by atoms with Crippen molar-refractivity contribution < 1.29 is 9.13 Å². The van der Waals surface area contributed by atoms with E-state index in [-0.39, 0.29) is 5.02 Å². The van der Waals surface area contributed by atoms with Gasteiger partial charge in [0.05, 0.1) is 5.02 Å². The molecule has 1 atom stereocenters. The van der Waals surface area contributed by atoms with Crippen LogP contribution in [0, 0.1) is 9.39 Å². The SMILES string of the molecule is C[C@@H](Oc1cc(I)cnc1N)c1cccc(F)c1Cl. The number of anilines is 1. The van der Waals surface area contributed by atoms with Gasteiger partial charge in [-0.25, -0.2) is 9.37 Å². The Labute approximate surface area is 129 Å². The van der Waals surface area contributed by atoms with Crippen LogP contribution in [0.4, 0.5) is 10.2 Å². The average molecular weight is 393 g/mol. The van der Waals surface area contributed by atoms with Gasteiger partial charge in [-0.15, -0.1) is 0 Å². The standard InChI is InChI=1S/C13H11ClFIN2O/c1-7(9-3-2-4-10(15)12(9)14)19-11-5-8(16)6-18-13(11)17/h2-7H,1H3,(H2,17,18)/t7-/m1/s1. The molecule has 0 amide bonds. The summed E-state index contributed by atoms with van der Waals surface area (Å²) in [6, 6.07) is 6.38. The Morgan fingerprint density at radius 2 is 2.21 bits per heavy atom. The zero-order valence-corrected chi connectivity index (χ0v) is 12.9. The lowest BCUT2D eigenvalue weighted by Gasteiger charge is -2.17. The predicted molar refractivity (Wildman–Crippen MR) is 81.8 cm³/mol. The number of ether oxygens (including phenoxy) is 1. The van der Waals surface area contributed by atoms with Crippen molar-refractivity contribution in [2.45, 2.75) is 13.0 Å². The molecule has 0 bridgehead atoms. The predicted octanol–water partition coefficient (Wildman–Crippen LogP) is 4.20. The summed E-state index contributed by atoms with van der Waals surface area (Å²) in [5.41, 5.74) is 6.31. The summed E-state index contributed by atoms with van der Waals surface area (Å²) < 4.78 is 20.0. The average Bonchev–Trinajstić information content (AvgIpc) is 2.37. The van der Waals surface area contributed by atoms with Crippen molar-refractivity contribution in [2.75, 3.05) is 5.73 Å². The molecule has 0 saturated heterocycles. The smallest absolute Gasteiger partial charge is 0.166 e. The van der Waals surface area contributed by atoms with E-state index in [0.29, 0.717) is 17.1 Å². The number of hydrogen-bond acceptors (Lipinski definition) is 3. The van der Waals surface area contributed by atoms with Crippen molar-refractivity contribution in [2.24, 2.45) is 0 Å². The molecule has 2 aromatic rings. The van der Waals surface area contributed by atoms with Gasteiger partial charge < -0.3 is 10.5 Å². The van der Waals surface area contributed by atoms with Crippen LogP contribution in [0.25, 0.3) is 0 Å². The number of nitrogen functional groups attached to an aromatic ring is 1. The largest absolute Gasteiger partial charge is 0.482 e. The fourth-order valence-corrected chi connectivity index (χ4v) is 2.32. The topological polar surface area (TPSA) is 48.1 Å². The Bertz CT molecular complexity index is 609. The number of hydrogen-bond donors (Lipinski definition) is 1. The number of rotatable bonds is 3. The quantitative estimate of drug-likeness (QED) is 0.797. The van der Waals surface area contributed by atoms with Crippen LogP contribution in [0.15, 0.2) is 30.5 Å². The van der Waals surface area contributed by atoms with Crippen molar-refractivity contribution in [3.63, 3.8) is 0 Å². The van der Waals surface area contributed by atoms with Crippen molar-refractivity contribution >= 4 is 40.0 Å². The van der Waals surface area contributed by atoms with Crippen LogP contribution < -0.4 is 10.5 Å². The first-order valence-electron chi connectivity index (χ1n) is 5.50. The lowest BCUT2D eigenvalue weighted by molar-refractivity contribution is 0.227. The van der Waals surface area contributed by atoms with E-state index in [1.165, 1.54) is 6.07 Å². The van der Waals surface area contributed by atoms with Crippen LogP contribution in [0.1, 0.15) is 18.6 Å². The van der Waals surface area contributed by atoms with Gasteiger partial charge in [0.2, 0.25) is 0 Å². The van der Waals surface area contributed by atoms with Gasteiger partial charge in [0, 0.05) is 15.3 Å². The number of benzene rings is 1. The molecule has 0 spiro atoms. The second-order valence-electron chi connectivity index (χ2n) is 3.94. The molecule has 100 valence electrons. The monoisotopic (exact) mass is 392 g/mol. The first-order chi connectivity index (χ1) is 8.99. The molecule has 0 aliphatic heterocycles. The minimum Gasteiger partial charge on any atom is -0.482 e. The van der Waals surface area contributed by atoms with E-state index in [0.717, 1.165) is 3.57 Å². The third kappa shape index (κ3) is 3.27. The molecule has 19 heavy (non-hydrogen) atoms. The highest BCUT2D eigenvalue weighted by atomic mass is 127. The van der Waals surface area contributed by atoms with E-state index >= 15 is 0 Å². The van der Waals surface area contributed by atoms with E-state index in [2.05, 4.69) is 27.6 Å². The number of halogens is 3. The molecule has 1 heterocycles. The van der Waals surface area contributed by atoms with Gasteiger partial charge in [0.15, 0.2) is 11.6 Å². The summed E-state index contributed by atoms with van der Waals surface area (Å²) in [4.78, 5) is 4.00. The summed E-state index contributed by atoms with van der Waals surface area (Å²) in [5, 5.41) is 0.0622. The van der Waals surface area contributed by atoms with Crippen molar-refractivity contribution in [1.82, 2.24) is 4.98 Å². The maximum absolute atomic E-state index is 13.4. The molecule has 0 aliphatic carbocycles. The second kappa shape index (κ2) is 5.92. The molecule has 1 aromatic carbocycles. The third-order valence-corrected chi connectivity index (χ3v) is 3.56. The lowest BCUT2D eigenvalue weighted by atomic mass is 10.1. The van der Waals surface area contributed by atoms with E-state index in [9.17, 15) is 4.39 Å². The molecule has 0 unspecified atom stereocenters. The molecule has 0 radical (unpaired) electrons. The molecule has 0 aliphatic rings. The maximum atomic E-state index is 13.4. The molecule has 0 fully saturated rings. The molecule has 0 saturated carbocycles. The van der Waals surface area contributed by atoms with Gasteiger partial charge in [-0.2, -0.15) is 0 Å². The van der Waals surface area contributed by atoms with E-state index in [4.69, 9.17) is 22.1 Å². The molecule has 2 rings (SSSR count). The van der Waals surface area contributed by atoms with Gasteiger partial charge in [0.25, 0.3) is 0 Å². The van der Waals surface area contributed by atoms with Crippen LogP contribution in [0.3, 0.4) is 0 Å². The Morgan fingerprint density at radius 3 is 2.95 bits per heavy atom. The van der Waals surface area contributed by atoms with Gasteiger partial charge in [-0.1, -0.05) is 23.7 Å². The Hall–Kier alpha value is -1.08. The van der Waals surface area contributed by atoms with Gasteiger partial charge >= 0.3 is 0 Å². The second-order valence-corrected chi connectivity index (χ2v) is 5.56. The van der Waals surface area contributed by atoms with Crippen molar-refractivity contribution in [3.05, 3.63) is 50.4 Å². The van der Waals surface area contributed by atoms with Crippen molar-refractivity contribution in [3.8, 4) is 5.75 Å². The van der Waals surface area contributed by atoms with E-state index < -0.39 is 11.9 Å². The molecule has 6 heteroatoms. The molecular weight excluding hydrogens is 382 g/mol. The lowest BCUT2D eigenvalue weighted by Crippen LogP contribution is -2.07. The number of nitrogens with two attached hydrogens (primary N) is 1. The van der Waals surface area contributed by atoms with Crippen LogP contribution >= 0.6 is 34.2 Å². The number of pyridine rings is 1. The summed E-state index contributed by atoms with van der Waals surface area (Å²) in [7, 11) is 0. The highest BCUT2D eigenvalue weighted by Crippen LogP contribution is 2.31.